The SMILES string of the molecule is Cc1ccc(-c2ccc(-c3ccc(C4(c5ccc(-c6ccc(-c7ccc(C8(C)CN9CCC8CC9)cc7)cc6)cc5)CCN(C)CC4)cc3)cc2)cc1. The number of rotatable bonds is 7. The highest BCUT2D eigenvalue weighted by atomic mass is 15.2. The average molecular weight is 693 g/mol. The van der Waals surface area contributed by atoms with Gasteiger partial charge in [-0.25, -0.2) is 0 Å². The Labute approximate surface area is 317 Å². The molecule has 0 saturated carbocycles. The van der Waals surface area contributed by atoms with Crippen LogP contribution < -0.4 is 0 Å². The Hall–Kier alpha value is -4.76. The molecule has 4 aliphatic heterocycles. The Morgan fingerprint density at radius 1 is 0.434 bits per heavy atom. The van der Waals surface area contributed by atoms with Crippen molar-refractivity contribution in [3.8, 4) is 44.5 Å². The number of piperidine rings is 4. The lowest BCUT2D eigenvalue weighted by Crippen LogP contribution is -2.55. The molecule has 2 nitrogen and oxygen atoms in total. The average Bonchev–Trinajstić information content (AvgIpc) is 3.22. The van der Waals surface area contributed by atoms with Gasteiger partial charge in [-0.3, -0.25) is 0 Å². The highest BCUT2D eigenvalue weighted by molar-refractivity contribution is 5.72. The Morgan fingerprint density at radius 3 is 1.09 bits per heavy atom. The van der Waals surface area contributed by atoms with Crippen molar-refractivity contribution in [3.63, 3.8) is 0 Å². The van der Waals surface area contributed by atoms with Gasteiger partial charge in [0.1, 0.15) is 0 Å². The standard InChI is InChI=1S/C51H52N2/c1-37-4-6-38(7-5-37)39-8-10-41(11-9-39)44-18-24-48(25-19-44)51(30-34-52(3)35-31-51)49-26-20-45(21-27-49)42-14-12-40(13-15-42)43-16-22-46(23-17-43)50(2)36-53-32-28-47(50)29-33-53/h4-27,47H,28-36H2,1-3H3. The maximum atomic E-state index is 2.66. The molecule has 0 radical (unpaired) electrons. The third-order valence-corrected chi connectivity index (χ3v) is 13.5. The predicted molar refractivity (Wildman–Crippen MR) is 223 cm³/mol. The van der Waals surface area contributed by atoms with Gasteiger partial charge < -0.3 is 9.80 Å². The molecule has 53 heavy (non-hydrogen) atoms. The molecule has 0 aromatic heterocycles. The van der Waals surface area contributed by atoms with E-state index in [1.165, 1.54) is 99.2 Å². The van der Waals surface area contributed by atoms with Crippen molar-refractivity contribution in [3.05, 3.63) is 168 Å². The van der Waals surface area contributed by atoms with Crippen LogP contribution in [-0.2, 0) is 10.8 Å². The summed E-state index contributed by atoms with van der Waals surface area (Å²) in [6.45, 7) is 10.6. The van der Waals surface area contributed by atoms with Gasteiger partial charge in [0.25, 0.3) is 0 Å². The van der Waals surface area contributed by atoms with Crippen molar-refractivity contribution in [2.45, 2.75) is 50.4 Å². The second-order valence-electron chi connectivity index (χ2n) is 16.6. The molecule has 4 saturated heterocycles. The number of aryl methyl sites for hydroxylation is 1. The second kappa shape index (κ2) is 13.9. The van der Waals surface area contributed by atoms with Crippen molar-refractivity contribution in [2.75, 3.05) is 39.8 Å². The molecule has 2 heteroatoms. The highest BCUT2D eigenvalue weighted by Gasteiger charge is 2.44. The molecule has 1 atom stereocenters. The second-order valence-corrected chi connectivity index (χ2v) is 16.6. The summed E-state index contributed by atoms with van der Waals surface area (Å²) in [5, 5.41) is 0. The van der Waals surface area contributed by atoms with E-state index in [9.17, 15) is 0 Å². The lowest BCUT2D eigenvalue weighted by Gasteiger charge is -2.52. The normalized spacial score (nSPS) is 22.5. The molecule has 1 unspecified atom stereocenters. The maximum absolute atomic E-state index is 2.66. The fraction of sp³-hybridized carbons (Fsp3) is 0.294. The first-order chi connectivity index (χ1) is 25.9. The highest BCUT2D eigenvalue weighted by Crippen LogP contribution is 2.45. The van der Waals surface area contributed by atoms with Crippen LogP contribution in [0, 0.1) is 12.8 Å². The van der Waals surface area contributed by atoms with E-state index in [0.717, 1.165) is 31.8 Å². The number of hydrogen-bond donors (Lipinski definition) is 0. The predicted octanol–water partition coefficient (Wildman–Crippen LogP) is 11.7. The summed E-state index contributed by atoms with van der Waals surface area (Å²) >= 11 is 0. The van der Waals surface area contributed by atoms with Crippen LogP contribution in [0.1, 0.15) is 54.9 Å². The Kier molecular flexibility index (Phi) is 8.93. The van der Waals surface area contributed by atoms with E-state index in [2.05, 4.69) is 176 Å². The first-order valence-corrected chi connectivity index (χ1v) is 19.9. The van der Waals surface area contributed by atoms with Crippen molar-refractivity contribution in [1.29, 1.82) is 0 Å². The van der Waals surface area contributed by atoms with Crippen LogP contribution in [0.2, 0.25) is 0 Å². The first-order valence-electron chi connectivity index (χ1n) is 19.9. The largest absolute Gasteiger partial charge is 0.306 e. The Bertz CT molecular complexity index is 2150. The van der Waals surface area contributed by atoms with Gasteiger partial charge in [0.15, 0.2) is 0 Å². The summed E-state index contributed by atoms with van der Waals surface area (Å²) in [5.41, 5.74) is 16.1. The summed E-state index contributed by atoms with van der Waals surface area (Å²) in [6.07, 6.45) is 4.94. The lowest BCUT2D eigenvalue weighted by atomic mass is 9.64. The van der Waals surface area contributed by atoms with Crippen molar-refractivity contribution in [1.82, 2.24) is 9.80 Å². The van der Waals surface area contributed by atoms with Crippen LogP contribution in [0.15, 0.2) is 146 Å². The minimum atomic E-state index is 0.0144. The molecule has 0 spiro atoms. The van der Waals surface area contributed by atoms with Crippen molar-refractivity contribution >= 4 is 0 Å². The monoisotopic (exact) mass is 692 g/mol. The van der Waals surface area contributed by atoms with E-state index in [0.29, 0.717) is 0 Å². The summed E-state index contributed by atoms with van der Waals surface area (Å²) in [7, 11) is 2.26. The van der Waals surface area contributed by atoms with Crippen molar-refractivity contribution < 1.29 is 0 Å². The quantitative estimate of drug-likeness (QED) is 0.164. The van der Waals surface area contributed by atoms with Gasteiger partial charge in [0.05, 0.1) is 0 Å². The number of hydrogen-bond acceptors (Lipinski definition) is 2. The first kappa shape index (κ1) is 34.0. The van der Waals surface area contributed by atoms with E-state index >= 15 is 0 Å². The van der Waals surface area contributed by atoms with Crippen LogP contribution >= 0.6 is 0 Å². The minimum Gasteiger partial charge on any atom is -0.306 e. The van der Waals surface area contributed by atoms with E-state index in [-0.39, 0.29) is 10.8 Å². The molecule has 6 aromatic carbocycles. The number of benzene rings is 6. The molecule has 4 heterocycles. The van der Waals surface area contributed by atoms with Crippen LogP contribution in [0.5, 0.6) is 0 Å². The Balaban J connectivity index is 0.922. The molecule has 4 fully saturated rings. The Morgan fingerprint density at radius 2 is 0.755 bits per heavy atom. The third-order valence-electron chi connectivity index (χ3n) is 13.5. The van der Waals surface area contributed by atoms with E-state index in [1.54, 1.807) is 0 Å². The molecule has 266 valence electrons. The van der Waals surface area contributed by atoms with Gasteiger partial charge in [-0.05, 0) is 133 Å². The summed E-state index contributed by atoms with van der Waals surface area (Å²) in [4.78, 5) is 5.14. The minimum absolute atomic E-state index is 0.0144. The van der Waals surface area contributed by atoms with Gasteiger partial charge in [-0.2, -0.15) is 0 Å². The lowest BCUT2D eigenvalue weighted by molar-refractivity contribution is 0.0336. The number of fused-ring (bicyclic) bond motifs is 3. The zero-order valence-corrected chi connectivity index (χ0v) is 31.7. The molecule has 4 aliphatic rings. The zero-order valence-electron chi connectivity index (χ0n) is 31.7. The van der Waals surface area contributed by atoms with Gasteiger partial charge in [0, 0.05) is 17.4 Å². The smallest absolute Gasteiger partial charge is 0.0227 e. The summed E-state index contributed by atoms with van der Waals surface area (Å²) < 4.78 is 0. The number of likely N-dealkylation sites (tertiary alicyclic amines) is 1. The van der Waals surface area contributed by atoms with Gasteiger partial charge in [0.2, 0.25) is 0 Å². The van der Waals surface area contributed by atoms with Gasteiger partial charge in [-0.15, -0.1) is 0 Å². The molecule has 0 amide bonds. The van der Waals surface area contributed by atoms with Gasteiger partial charge >= 0.3 is 0 Å². The molecule has 2 bridgehead atoms. The zero-order chi connectivity index (χ0) is 36.0. The molecule has 0 N–H and O–H groups in total. The van der Waals surface area contributed by atoms with Crippen LogP contribution in [0.3, 0.4) is 0 Å². The summed E-state index contributed by atoms with van der Waals surface area (Å²) in [5.74, 6) is 0.817. The molecular formula is C51H52N2. The third kappa shape index (κ3) is 6.47. The van der Waals surface area contributed by atoms with E-state index in [1.807, 2.05) is 0 Å². The molecule has 6 aromatic rings. The molecule has 10 rings (SSSR count). The number of nitrogens with zero attached hydrogens (tertiary/aromatic N) is 2. The fourth-order valence-corrected chi connectivity index (χ4v) is 9.86. The topological polar surface area (TPSA) is 6.48 Å². The van der Waals surface area contributed by atoms with Crippen LogP contribution in [-0.4, -0.2) is 49.6 Å². The molecule has 0 aliphatic carbocycles. The van der Waals surface area contributed by atoms with Crippen LogP contribution in [0.4, 0.5) is 0 Å². The van der Waals surface area contributed by atoms with Gasteiger partial charge in [-0.1, -0.05) is 158 Å². The van der Waals surface area contributed by atoms with Crippen molar-refractivity contribution in [2.24, 2.45) is 5.92 Å². The summed E-state index contributed by atoms with van der Waals surface area (Å²) in [6, 6.07) is 55.4. The molecular weight excluding hydrogens is 641 g/mol. The van der Waals surface area contributed by atoms with Crippen LogP contribution in [0.25, 0.3) is 44.5 Å². The van der Waals surface area contributed by atoms with E-state index in [4.69, 9.17) is 0 Å². The van der Waals surface area contributed by atoms with E-state index < -0.39 is 0 Å². The fourth-order valence-electron chi connectivity index (χ4n) is 9.86. The maximum Gasteiger partial charge on any atom is 0.0227 e.